The van der Waals surface area contributed by atoms with Crippen LogP contribution in [0.15, 0.2) is 30.7 Å². The van der Waals surface area contributed by atoms with Gasteiger partial charge in [-0.1, -0.05) is 6.07 Å². The molecule has 5 nitrogen and oxygen atoms in total. The van der Waals surface area contributed by atoms with Gasteiger partial charge in [0.2, 0.25) is 0 Å². The summed E-state index contributed by atoms with van der Waals surface area (Å²) in [6.45, 7) is 4.50. The first-order valence-corrected chi connectivity index (χ1v) is 8.59. The van der Waals surface area contributed by atoms with Crippen LogP contribution in [0.2, 0.25) is 0 Å². The Morgan fingerprint density at radius 3 is 2.81 bits per heavy atom. The molecule has 140 valence electrons. The second-order valence-electron chi connectivity index (χ2n) is 6.67. The molecule has 1 aliphatic rings. The molecule has 8 heteroatoms. The lowest BCUT2D eigenvalue weighted by Gasteiger charge is -2.38. The number of aryl methyl sites for hydroxylation is 1. The topological polar surface area (TPSA) is 45.2 Å². The average Bonchev–Trinajstić information content (AvgIpc) is 2.63. The van der Waals surface area contributed by atoms with Gasteiger partial charge in [-0.3, -0.25) is 9.88 Å². The second kappa shape index (κ2) is 7.57. The van der Waals surface area contributed by atoms with Gasteiger partial charge in [-0.25, -0.2) is 9.97 Å². The molecule has 0 amide bonds. The Hall–Kier alpha value is -2.22. The minimum Gasteiger partial charge on any atom is -0.355 e. The van der Waals surface area contributed by atoms with Crippen molar-refractivity contribution in [2.45, 2.75) is 38.5 Å². The number of likely N-dealkylation sites (N-methyl/N-ethyl adjacent to an activating group) is 1. The fourth-order valence-corrected chi connectivity index (χ4v) is 3.27. The van der Waals surface area contributed by atoms with Crippen LogP contribution in [-0.4, -0.2) is 46.0 Å². The van der Waals surface area contributed by atoms with Crippen LogP contribution in [0, 0.1) is 6.92 Å². The number of nitrogens with zero attached hydrogens (tertiary/aromatic N) is 5. The van der Waals surface area contributed by atoms with Crippen molar-refractivity contribution in [3.8, 4) is 0 Å². The fourth-order valence-electron chi connectivity index (χ4n) is 3.27. The van der Waals surface area contributed by atoms with Gasteiger partial charge in [0, 0.05) is 38.4 Å². The number of halogens is 3. The third-order valence-corrected chi connectivity index (χ3v) is 4.82. The van der Waals surface area contributed by atoms with Crippen molar-refractivity contribution >= 4 is 5.82 Å². The Balaban J connectivity index is 1.70. The fraction of sp³-hybridized carbons (Fsp3) is 0.500. The number of pyridine rings is 1. The van der Waals surface area contributed by atoms with E-state index in [2.05, 4.69) is 19.9 Å². The van der Waals surface area contributed by atoms with Gasteiger partial charge in [-0.2, -0.15) is 13.2 Å². The van der Waals surface area contributed by atoms with Crippen molar-refractivity contribution in [1.29, 1.82) is 0 Å². The molecular formula is C18H22F3N5. The van der Waals surface area contributed by atoms with Crippen molar-refractivity contribution in [3.05, 3.63) is 47.7 Å². The number of hydrogen-bond acceptors (Lipinski definition) is 5. The Bertz CT molecular complexity index is 750. The van der Waals surface area contributed by atoms with Gasteiger partial charge in [0.05, 0.1) is 5.69 Å². The monoisotopic (exact) mass is 365 g/mol. The number of anilines is 1. The molecule has 0 spiro atoms. The van der Waals surface area contributed by atoms with E-state index < -0.39 is 11.9 Å². The summed E-state index contributed by atoms with van der Waals surface area (Å²) in [5.41, 5.74) is 1.27. The molecule has 2 aromatic heterocycles. The molecule has 0 radical (unpaired) electrons. The summed E-state index contributed by atoms with van der Waals surface area (Å²) in [6, 6.07) is 5.07. The predicted molar refractivity (Wildman–Crippen MR) is 92.7 cm³/mol. The minimum absolute atomic E-state index is 0.101. The standard InChI is InChI=1S/C18H22F3N5/c1-13-5-3-7-22-15(13)11-26-8-4-6-14(10-26)25(2)17-9-16(18(19,20)21)23-12-24-17/h3,5,7,9,12,14H,4,6,8,10-11H2,1-2H3. The van der Waals surface area contributed by atoms with Crippen molar-refractivity contribution in [2.75, 3.05) is 25.0 Å². The quantitative estimate of drug-likeness (QED) is 0.832. The van der Waals surface area contributed by atoms with Crippen LogP contribution in [0.25, 0.3) is 0 Å². The highest BCUT2D eigenvalue weighted by molar-refractivity contribution is 5.40. The number of piperidine rings is 1. The maximum absolute atomic E-state index is 12.9. The maximum Gasteiger partial charge on any atom is 0.433 e. The van der Waals surface area contributed by atoms with E-state index in [0.29, 0.717) is 5.82 Å². The van der Waals surface area contributed by atoms with E-state index in [1.807, 2.05) is 24.0 Å². The predicted octanol–water partition coefficient (Wildman–Crippen LogP) is 3.30. The molecule has 2 aromatic rings. The largest absolute Gasteiger partial charge is 0.433 e. The summed E-state index contributed by atoms with van der Waals surface area (Å²) >= 11 is 0. The Labute approximate surface area is 150 Å². The Morgan fingerprint density at radius 1 is 1.27 bits per heavy atom. The van der Waals surface area contributed by atoms with Gasteiger partial charge in [0.25, 0.3) is 0 Å². The summed E-state index contributed by atoms with van der Waals surface area (Å²) in [4.78, 5) is 15.9. The van der Waals surface area contributed by atoms with Crippen molar-refractivity contribution in [3.63, 3.8) is 0 Å². The minimum atomic E-state index is -4.46. The molecule has 0 aromatic carbocycles. The summed E-state index contributed by atoms with van der Waals surface area (Å²) in [5.74, 6) is 0.299. The van der Waals surface area contributed by atoms with Crippen LogP contribution in [0.5, 0.6) is 0 Å². The zero-order chi connectivity index (χ0) is 18.7. The SMILES string of the molecule is Cc1cccnc1CN1CCCC(N(C)c2cc(C(F)(F)F)ncn2)C1. The van der Waals surface area contributed by atoms with Gasteiger partial charge in [-0.05, 0) is 37.9 Å². The van der Waals surface area contributed by atoms with Crippen molar-refractivity contribution in [1.82, 2.24) is 19.9 Å². The maximum atomic E-state index is 12.9. The lowest BCUT2D eigenvalue weighted by atomic mass is 10.0. The van der Waals surface area contributed by atoms with Gasteiger partial charge in [-0.15, -0.1) is 0 Å². The third kappa shape index (κ3) is 4.30. The van der Waals surface area contributed by atoms with Crippen LogP contribution >= 0.6 is 0 Å². The van der Waals surface area contributed by atoms with E-state index in [1.165, 1.54) is 0 Å². The molecule has 0 aliphatic carbocycles. The van der Waals surface area contributed by atoms with E-state index in [0.717, 1.165) is 56.1 Å². The van der Waals surface area contributed by atoms with Crippen LogP contribution < -0.4 is 4.90 Å². The number of alkyl halides is 3. The highest BCUT2D eigenvalue weighted by Crippen LogP contribution is 2.30. The number of likely N-dealkylation sites (tertiary alicyclic amines) is 1. The molecular weight excluding hydrogens is 343 g/mol. The molecule has 0 bridgehead atoms. The van der Waals surface area contributed by atoms with E-state index in [1.54, 1.807) is 13.2 Å². The normalized spacial score (nSPS) is 18.7. The zero-order valence-electron chi connectivity index (χ0n) is 14.9. The third-order valence-electron chi connectivity index (χ3n) is 4.82. The summed E-state index contributed by atoms with van der Waals surface area (Å²) in [5, 5.41) is 0. The lowest BCUT2D eigenvalue weighted by Crippen LogP contribution is -2.46. The first-order chi connectivity index (χ1) is 12.3. The van der Waals surface area contributed by atoms with E-state index in [9.17, 15) is 13.2 Å². The van der Waals surface area contributed by atoms with Crippen LogP contribution in [0.1, 0.15) is 29.8 Å². The van der Waals surface area contributed by atoms with Crippen molar-refractivity contribution < 1.29 is 13.2 Å². The second-order valence-corrected chi connectivity index (χ2v) is 6.67. The van der Waals surface area contributed by atoms with E-state index in [-0.39, 0.29) is 6.04 Å². The lowest BCUT2D eigenvalue weighted by molar-refractivity contribution is -0.141. The number of hydrogen-bond donors (Lipinski definition) is 0. The van der Waals surface area contributed by atoms with Gasteiger partial charge in [0.1, 0.15) is 17.8 Å². The van der Waals surface area contributed by atoms with Gasteiger partial charge < -0.3 is 4.90 Å². The van der Waals surface area contributed by atoms with Crippen molar-refractivity contribution in [2.24, 2.45) is 0 Å². The smallest absolute Gasteiger partial charge is 0.355 e. The Morgan fingerprint density at radius 2 is 2.08 bits per heavy atom. The summed E-state index contributed by atoms with van der Waals surface area (Å²) in [7, 11) is 1.79. The van der Waals surface area contributed by atoms with Crippen LogP contribution in [-0.2, 0) is 12.7 Å². The molecule has 3 heterocycles. The molecule has 1 unspecified atom stereocenters. The summed E-state index contributed by atoms with van der Waals surface area (Å²) in [6.07, 6.45) is 0.202. The van der Waals surface area contributed by atoms with Crippen LogP contribution in [0.4, 0.5) is 19.0 Å². The highest BCUT2D eigenvalue weighted by Gasteiger charge is 2.34. The zero-order valence-corrected chi connectivity index (χ0v) is 14.9. The molecule has 1 aliphatic heterocycles. The highest BCUT2D eigenvalue weighted by atomic mass is 19.4. The molecule has 1 atom stereocenters. The first-order valence-electron chi connectivity index (χ1n) is 8.59. The van der Waals surface area contributed by atoms with Crippen LogP contribution in [0.3, 0.4) is 0 Å². The first kappa shape index (κ1) is 18.6. The van der Waals surface area contributed by atoms with Gasteiger partial charge >= 0.3 is 6.18 Å². The molecule has 0 N–H and O–H groups in total. The van der Waals surface area contributed by atoms with E-state index >= 15 is 0 Å². The number of aromatic nitrogens is 3. The van der Waals surface area contributed by atoms with E-state index in [4.69, 9.17) is 0 Å². The Kier molecular flexibility index (Phi) is 5.41. The molecule has 3 rings (SSSR count). The molecule has 1 fully saturated rings. The average molecular weight is 365 g/mol. The van der Waals surface area contributed by atoms with Gasteiger partial charge in [0.15, 0.2) is 0 Å². The molecule has 26 heavy (non-hydrogen) atoms. The molecule has 1 saturated heterocycles. The molecule has 0 saturated carbocycles. The number of rotatable bonds is 4. The summed E-state index contributed by atoms with van der Waals surface area (Å²) < 4.78 is 38.7.